The zero-order valence-corrected chi connectivity index (χ0v) is 14.3. The van der Waals surface area contributed by atoms with Gasteiger partial charge in [-0.15, -0.1) is 0 Å². The van der Waals surface area contributed by atoms with Gasteiger partial charge in [0.25, 0.3) is 0 Å². The first-order valence-electron chi connectivity index (χ1n) is 7.76. The Hall–Kier alpha value is -2.70. The summed E-state index contributed by atoms with van der Waals surface area (Å²) in [5.74, 6) is 1.98. The van der Waals surface area contributed by atoms with Crippen LogP contribution in [0.15, 0.2) is 16.7 Å². The molecule has 0 radical (unpaired) electrons. The van der Waals surface area contributed by atoms with E-state index in [4.69, 9.17) is 14.0 Å². The molecule has 0 fully saturated rings. The van der Waals surface area contributed by atoms with Crippen molar-refractivity contribution in [1.82, 2.24) is 10.1 Å². The second-order valence-corrected chi connectivity index (χ2v) is 5.78. The van der Waals surface area contributed by atoms with E-state index >= 15 is 0 Å². The van der Waals surface area contributed by atoms with E-state index in [9.17, 15) is 4.79 Å². The van der Waals surface area contributed by atoms with Crippen LogP contribution in [-0.4, -0.2) is 36.9 Å². The van der Waals surface area contributed by atoms with E-state index in [0.717, 1.165) is 12.0 Å². The Balaban J connectivity index is 1.78. The minimum Gasteiger partial charge on any atom is -0.493 e. The number of benzene rings is 1. The Morgan fingerprint density at radius 2 is 1.88 bits per heavy atom. The molecule has 0 saturated carbocycles. The third kappa shape index (κ3) is 2.89. The molecule has 7 heteroatoms. The van der Waals surface area contributed by atoms with Crippen molar-refractivity contribution in [2.45, 2.75) is 26.8 Å². The van der Waals surface area contributed by atoms with Gasteiger partial charge in [0.2, 0.25) is 0 Å². The second kappa shape index (κ2) is 6.43. The minimum atomic E-state index is -0.162. The van der Waals surface area contributed by atoms with Gasteiger partial charge in [0.1, 0.15) is 11.4 Å². The summed E-state index contributed by atoms with van der Waals surface area (Å²) < 4.78 is 15.8. The molecule has 1 aliphatic heterocycles. The van der Waals surface area contributed by atoms with Gasteiger partial charge in [0.15, 0.2) is 17.3 Å². The van der Waals surface area contributed by atoms with Crippen molar-refractivity contribution < 1.29 is 18.8 Å². The highest BCUT2D eigenvalue weighted by atomic mass is 16.5. The average molecular weight is 331 g/mol. The minimum absolute atomic E-state index is 0.162. The van der Waals surface area contributed by atoms with Crippen LogP contribution in [0, 0.1) is 13.8 Å². The standard InChI is InChI=1S/C17H21N3O4/c1-10-16(11(2)24-19-10)18-17(21)20-6-5-12-7-14(22-3)15(23-4)8-13(12)9-20/h7-8H,5-6,9H2,1-4H3,(H,18,21). The number of carbonyl (C=O) groups excluding carboxylic acids is 1. The number of aromatic nitrogens is 1. The van der Waals surface area contributed by atoms with Crippen molar-refractivity contribution in [1.29, 1.82) is 0 Å². The van der Waals surface area contributed by atoms with Gasteiger partial charge < -0.3 is 24.2 Å². The van der Waals surface area contributed by atoms with Gasteiger partial charge in [-0.25, -0.2) is 4.79 Å². The van der Waals surface area contributed by atoms with Gasteiger partial charge in [0, 0.05) is 13.1 Å². The van der Waals surface area contributed by atoms with Gasteiger partial charge in [-0.1, -0.05) is 5.16 Å². The molecule has 2 aromatic rings. The maximum Gasteiger partial charge on any atom is 0.322 e. The van der Waals surface area contributed by atoms with Crippen LogP contribution in [-0.2, 0) is 13.0 Å². The summed E-state index contributed by atoms with van der Waals surface area (Å²) in [6.45, 7) is 4.73. The van der Waals surface area contributed by atoms with Crippen LogP contribution in [0.1, 0.15) is 22.6 Å². The number of rotatable bonds is 3. The molecule has 2 amide bonds. The monoisotopic (exact) mass is 331 g/mol. The predicted octanol–water partition coefficient (Wildman–Crippen LogP) is 2.90. The normalized spacial score (nSPS) is 13.4. The molecule has 1 aromatic heterocycles. The molecule has 2 heterocycles. The maximum atomic E-state index is 12.5. The molecule has 0 spiro atoms. The third-order valence-corrected chi connectivity index (χ3v) is 4.27. The molecule has 1 aliphatic rings. The fourth-order valence-corrected chi connectivity index (χ4v) is 2.90. The van der Waals surface area contributed by atoms with E-state index in [1.54, 1.807) is 33.0 Å². The zero-order chi connectivity index (χ0) is 17.3. The number of nitrogens with one attached hydrogen (secondary N) is 1. The van der Waals surface area contributed by atoms with Gasteiger partial charge in [-0.3, -0.25) is 0 Å². The van der Waals surface area contributed by atoms with Crippen molar-refractivity contribution in [3.63, 3.8) is 0 Å². The first kappa shape index (κ1) is 16.2. The van der Waals surface area contributed by atoms with Crippen LogP contribution in [0.3, 0.4) is 0 Å². The van der Waals surface area contributed by atoms with Crippen LogP contribution in [0.2, 0.25) is 0 Å². The highest BCUT2D eigenvalue weighted by Gasteiger charge is 2.24. The SMILES string of the molecule is COc1cc2c(cc1OC)CN(C(=O)Nc1c(C)noc1C)CC2. The summed E-state index contributed by atoms with van der Waals surface area (Å²) in [6, 6.07) is 3.76. The number of aryl methyl sites for hydroxylation is 2. The first-order chi connectivity index (χ1) is 11.5. The largest absolute Gasteiger partial charge is 0.493 e. The Morgan fingerprint density at radius 3 is 2.46 bits per heavy atom. The van der Waals surface area contributed by atoms with E-state index in [0.29, 0.717) is 41.7 Å². The first-order valence-corrected chi connectivity index (χ1v) is 7.76. The van der Waals surface area contributed by atoms with Gasteiger partial charge in [-0.05, 0) is 43.5 Å². The lowest BCUT2D eigenvalue weighted by molar-refractivity contribution is 0.206. The third-order valence-electron chi connectivity index (χ3n) is 4.27. The number of anilines is 1. The highest BCUT2D eigenvalue weighted by Crippen LogP contribution is 2.33. The summed E-state index contributed by atoms with van der Waals surface area (Å²) in [6.07, 6.45) is 0.769. The molecule has 0 unspecified atom stereocenters. The Morgan fingerprint density at radius 1 is 1.21 bits per heavy atom. The average Bonchev–Trinajstić information content (AvgIpc) is 2.91. The van der Waals surface area contributed by atoms with Gasteiger partial charge in [0.05, 0.1) is 14.2 Å². The van der Waals surface area contributed by atoms with Crippen LogP contribution in [0.25, 0.3) is 0 Å². The molecule has 0 bridgehead atoms. The molecule has 0 atom stereocenters. The van der Waals surface area contributed by atoms with Crippen molar-refractivity contribution >= 4 is 11.7 Å². The fourth-order valence-electron chi connectivity index (χ4n) is 2.90. The maximum absolute atomic E-state index is 12.5. The summed E-state index contributed by atoms with van der Waals surface area (Å²) in [4.78, 5) is 14.3. The Kier molecular flexibility index (Phi) is 4.33. The molecule has 1 aromatic carbocycles. The van der Waals surface area contributed by atoms with E-state index in [1.807, 2.05) is 12.1 Å². The smallest absolute Gasteiger partial charge is 0.322 e. The molecular weight excluding hydrogens is 310 g/mol. The summed E-state index contributed by atoms with van der Waals surface area (Å²) in [5.41, 5.74) is 3.55. The Bertz CT molecular complexity index is 750. The number of carbonyl (C=O) groups is 1. The van der Waals surface area contributed by atoms with E-state index < -0.39 is 0 Å². The van der Waals surface area contributed by atoms with Crippen LogP contribution >= 0.6 is 0 Å². The summed E-state index contributed by atoms with van der Waals surface area (Å²) >= 11 is 0. The second-order valence-electron chi connectivity index (χ2n) is 5.78. The highest BCUT2D eigenvalue weighted by molar-refractivity contribution is 5.90. The lowest BCUT2D eigenvalue weighted by atomic mass is 9.99. The number of ether oxygens (including phenoxy) is 2. The molecule has 7 nitrogen and oxygen atoms in total. The van der Waals surface area contributed by atoms with Gasteiger partial charge >= 0.3 is 6.03 Å². The van der Waals surface area contributed by atoms with Gasteiger partial charge in [-0.2, -0.15) is 0 Å². The summed E-state index contributed by atoms with van der Waals surface area (Å²) in [7, 11) is 3.23. The van der Waals surface area contributed by atoms with Crippen molar-refractivity contribution in [3.8, 4) is 11.5 Å². The molecular formula is C17H21N3O4. The number of urea groups is 1. The number of hydrogen-bond acceptors (Lipinski definition) is 5. The summed E-state index contributed by atoms with van der Waals surface area (Å²) in [5, 5.41) is 6.74. The number of methoxy groups -OCH3 is 2. The van der Waals surface area contributed by atoms with E-state index in [-0.39, 0.29) is 6.03 Å². The molecule has 1 N–H and O–H groups in total. The molecule has 24 heavy (non-hydrogen) atoms. The lowest BCUT2D eigenvalue weighted by Gasteiger charge is -2.29. The van der Waals surface area contributed by atoms with E-state index in [2.05, 4.69) is 10.5 Å². The number of hydrogen-bond donors (Lipinski definition) is 1. The topological polar surface area (TPSA) is 76.8 Å². The lowest BCUT2D eigenvalue weighted by Crippen LogP contribution is -2.39. The van der Waals surface area contributed by atoms with Crippen molar-refractivity contribution in [3.05, 3.63) is 34.7 Å². The number of nitrogens with zero attached hydrogens (tertiary/aromatic N) is 2. The number of fused-ring (bicyclic) bond motifs is 1. The number of amides is 2. The van der Waals surface area contributed by atoms with E-state index in [1.165, 1.54) is 5.56 Å². The van der Waals surface area contributed by atoms with Crippen LogP contribution in [0.5, 0.6) is 11.5 Å². The van der Waals surface area contributed by atoms with Crippen LogP contribution in [0.4, 0.5) is 10.5 Å². The molecule has 0 aliphatic carbocycles. The van der Waals surface area contributed by atoms with Crippen LogP contribution < -0.4 is 14.8 Å². The van der Waals surface area contributed by atoms with Crippen molar-refractivity contribution in [2.75, 3.05) is 26.1 Å². The molecule has 3 rings (SSSR count). The quantitative estimate of drug-likeness (QED) is 0.936. The fraction of sp³-hybridized carbons (Fsp3) is 0.412. The predicted molar refractivity (Wildman–Crippen MR) is 88.7 cm³/mol. The zero-order valence-electron chi connectivity index (χ0n) is 14.3. The molecule has 0 saturated heterocycles. The molecule has 128 valence electrons. The van der Waals surface area contributed by atoms with Crippen molar-refractivity contribution in [2.24, 2.45) is 0 Å². The Labute approximate surface area is 140 Å².